The van der Waals surface area contributed by atoms with E-state index in [1.54, 1.807) is 0 Å². The van der Waals surface area contributed by atoms with Gasteiger partial charge in [-0.25, -0.2) is 0 Å². The lowest BCUT2D eigenvalue weighted by Gasteiger charge is -2.18. The summed E-state index contributed by atoms with van der Waals surface area (Å²) < 4.78 is 5.76. The number of para-hydroxylation sites is 1. The molecule has 1 atom stereocenters. The molecule has 0 aliphatic rings. The van der Waals surface area contributed by atoms with Gasteiger partial charge >= 0.3 is 0 Å². The Hall–Kier alpha value is -1.80. The molecule has 2 aromatic carbocycles. The number of ether oxygens (including phenoxy) is 1. The van der Waals surface area contributed by atoms with Gasteiger partial charge in [-0.05, 0) is 32.4 Å². The van der Waals surface area contributed by atoms with Crippen molar-refractivity contribution in [1.29, 1.82) is 0 Å². The summed E-state index contributed by atoms with van der Waals surface area (Å²) in [4.78, 5) is 0. The Morgan fingerprint density at radius 2 is 1.65 bits per heavy atom. The maximum atomic E-state index is 10.5. The van der Waals surface area contributed by atoms with Gasteiger partial charge in [0.15, 0.2) is 0 Å². The second-order valence-corrected chi connectivity index (χ2v) is 5.41. The molecule has 2 heteroatoms. The summed E-state index contributed by atoms with van der Waals surface area (Å²) in [5.41, 5.74) is 3.20. The fourth-order valence-corrected chi connectivity index (χ4v) is 2.17. The molecule has 1 unspecified atom stereocenters. The molecule has 0 aliphatic heterocycles. The molecule has 0 heterocycles. The molecule has 20 heavy (non-hydrogen) atoms. The monoisotopic (exact) mass is 270 g/mol. The van der Waals surface area contributed by atoms with Crippen LogP contribution >= 0.6 is 0 Å². The fourth-order valence-electron chi connectivity index (χ4n) is 2.17. The average Bonchev–Trinajstić information content (AvgIpc) is 2.41. The Bertz CT molecular complexity index is 544. The van der Waals surface area contributed by atoms with Gasteiger partial charge in [0.05, 0.1) is 12.2 Å². The van der Waals surface area contributed by atoms with E-state index >= 15 is 0 Å². The molecular weight excluding hydrogens is 248 g/mol. The minimum Gasteiger partial charge on any atom is -0.491 e. The van der Waals surface area contributed by atoms with Crippen LogP contribution in [0.3, 0.4) is 0 Å². The van der Waals surface area contributed by atoms with Gasteiger partial charge in [0.25, 0.3) is 0 Å². The molecule has 1 N–H and O–H groups in total. The first-order chi connectivity index (χ1) is 9.56. The van der Waals surface area contributed by atoms with E-state index < -0.39 is 6.10 Å². The van der Waals surface area contributed by atoms with E-state index in [2.05, 4.69) is 31.2 Å². The van der Waals surface area contributed by atoms with Gasteiger partial charge in [0.1, 0.15) is 5.75 Å². The summed E-state index contributed by atoms with van der Waals surface area (Å²) in [6, 6.07) is 16.0. The van der Waals surface area contributed by atoms with Crippen LogP contribution in [0.15, 0.2) is 48.5 Å². The highest BCUT2D eigenvalue weighted by molar-refractivity contribution is 5.36. The molecule has 0 saturated heterocycles. The second-order valence-electron chi connectivity index (χ2n) is 5.41. The lowest BCUT2D eigenvalue weighted by molar-refractivity contribution is 0.166. The lowest BCUT2D eigenvalue weighted by atomic mass is 10.00. The van der Waals surface area contributed by atoms with E-state index in [1.165, 1.54) is 5.56 Å². The standard InChI is InChI=1S/C18H22O2/c1-13(2)20-18-7-5-4-6-16(18)17(19)12-15-10-8-14(3)9-11-15/h4-11,13,17,19H,12H2,1-3H3. The predicted molar refractivity (Wildman–Crippen MR) is 82.0 cm³/mol. The van der Waals surface area contributed by atoms with Crippen LogP contribution in [0.2, 0.25) is 0 Å². The third-order valence-corrected chi connectivity index (χ3v) is 3.19. The number of rotatable bonds is 5. The Morgan fingerprint density at radius 3 is 2.30 bits per heavy atom. The SMILES string of the molecule is Cc1ccc(CC(O)c2ccccc2OC(C)C)cc1. The lowest BCUT2D eigenvalue weighted by Crippen LogP contribution is -2.10. The number of hydrogen-bond acceptors (Lipinski definition) is 2. The maximum absolute atomic E-state index is 10.5. The molecule has 0 saturated carbocycles. The summed E-state index contributed by atoms with van der Waals surface area (Å²) in [5, 5.41) is 10.5. The van der Waals surface area contributed by atoms with Crippen molar-refractivity contribution in [1.82, 2.24) is 0 Å². The molecule has 2 aromatic rings. The topological polar surface area (TPSA) is 29.5 Å². The van der Waals surface area contributed by atoms with Crippen molar-refractivity contribution in [3.63, 3.8) is 0 Å². The number of benzene rings is 2. The molecule has 106 valence electrons. The number of hydrogen-bond donors (Lipinski definition) is 1. The summed E-state index contributed by atoms with van der Waals surface area (Å²) >= 11 is 0. The fraction of sp³-hybridized carbons (Fsp3) is 0.333. The summed E-state index contributed by atoms with van der Waals surface area (Å²) in [6.07, 6.45) is 0.147. The quantitative estimate of drug-likeness (QED) is 0.888. The zero-order valence-corrected chi connectivity index (χ0v) is 12.3. The van der Waals surface area contributed by atoms with Gasteiger partial charge < -0.3 is 9.84 Å². The molecule has 0 aliphatic carbocycles. The molecule has 0 spiro atoms. The highest BCUT2D eigenvalue weighted by Crippen LogP contribution is 2.28. The van der Waals surface area contributed by atoms with Crippen LogP contribution in [0.25, 0.3) is 0 Å². The molecule has 0 bridgehead atoms. The van der Waals surface area contributed by atoms with Crippen LogP contribution in [0.5, 0.6) is 5.75 Å². The first-order valence-electron chi connectivity index (χ1n) is 7.05. The molecule has 0 fully saturated rings. The van der Waals surface area contributed by atoms with Crippen molar-refractivity contribution in [2.45, 2.75) is 39.4 Å². The van der Waals surface area contributed by atoms with Crippen LogP contribution in [-0.4, -0.2) is 11.2 Å². The third-order valence-electron chi connectivity index (χ3n) is 3.19. The van der Waals surface area contributed by atoms with Gasteiger partial charge in [-0.3, -0.25) is 0 Å². The Labute approximate surface area is 121 Å². The van der Waals surface area contributed by atoms with Crippen LogP contribution < -0.4 is 4.74 Å². The van der Waals surface area contributed by atoms with Crippen LogP contribution in [-0.2, 0) is 6.42 Å². The minimum atomic E-state index is -0.548. The van der Waals surface area contributed by atoms with Gasteiger partial charge in [0, 0.05) is 12.0 Å². The van der Waals surface area contributed by atoms with Crippen LogP contribution in [0, 0.1) is 6.92 Å². The van der Waals surface area contributed by atoms with Crippen molar-refractivity contribution in [2.24, 2.45) is 0 Å². The van der Waals surface area contributed by atoms with E-state index in [0.29, 0.717) is 6.42 Å². The Kier molecular flexibility index (Phi) is 4.80. The second kappa shape index (κ2) is 6.58. The van der Waals surface area contributed by atoms with Gasteiger partial charge in [0.2, 0.25) is 0 Å². The van der Waals surface area contributed by atoms with Gasteiger partial charge in [-0.15, -0.1) is 0 Å². The number of aryl methyl sites for hydroxylation is 1. The van der Waals surface area contributed by atoms with E-state index in [1.807, 2.05) is 38.1 Å². The average molecular weight is 270 g/mol. The van der Waals surface area contributed by atoms with Crippen molar-refractivity contribution in [3.8, 4) is 5.75 Å². The molecule has 2 rings (SSSR count). The third kappa shape index (κ3) is 3.84. The first kappa shape index (κ1) is 14.6. The molecule has 0 radical (unpaired) electrons. The zero-order chi connectivity index (χ0) is 14.5. The highest BCUT2D eigenvalue weighted by Gasteiger charge is 2.14. The normalized spacial score (nSPS) is 12.4. The zero-order valence-electron chi connectivity index (χ0n) is 12.3. The summed E-state index contributed by atoms with van der Waals surface area (Å²) in [7, 11) is 0. The van der Waals surface area contributed by atoms with Crippen LogP contribution in [0.1, 0.15) is 36.6 Å². The number of aliphatic hydroxyl groups excluding tert-OH is 1. The number of aliphatic hydroxyl groups is 1. The van der Waals surface area contributed by atoms with E-state index in [0.717, 1.165) is 16.9 Å². The van der Waals surface area contributed by atoms with E-state index in [-0.39, 0.29) is 6.10 Å². The molecule has 2 nitrogen and oxygen atoms in total. The van der Waals surface area contributed by atoms with Crippen molar-refractivity contribution >= 4 is 0 Å². The van der Waals surface area contributed by atoms with E-state index in [9.17, 15) is 5.11 Å². The molecule has 0 amide bonds. The Morgan fingerprint density at radius 1 is 1.00 bits per heavy atom. The maximum Gasteiger partial charge on any atom is 0.125 e. The van der Waals surface area contributed by atoms with Crippen molar-refractivity contribution in [2.75, 3.05) is 0 Å². The van der Waals surface area contributed by atoms with Crippen LogP contribution in [0.4, 0.5) is 0 Å². The minimum absolute atomic E-state index is 0.0997. The van der Waals surface area contributed by atoms with Gasteiger partial charge in [-0.2, -0.15) is 0 Å². The van der Waals surface area contributed by atoms with E-state index in [4.69, 9.17) is 4.74 Å². The molecular formula is C18H22O2. The largest absolute Gasteiger partial charge is 0.491 e. The summed E-state index contributed by atoms with van der Waals surface area (Å²) in [6.45, 7) is 6.04. The van der Waals surface area contributed by atoms with Crippen molar-refractivity contribution in [3.05, 3.63) is 65.2 Å². The summed E-state index contributed by atoms with van der Waals surface area (Å²) in [5.74, 6) is 0.766. The Balaban J connectivity index is 2.16. The van der Waals surface area contributed by atoms with Gasteiger partial charge in [-0.1, -0.05) is 48.0 Å². The molecule has 0 aromatic heterocycles. The predicted octanol–water partition coefficient (Wildman–Crippen LogP) is 4.06. The van der Waals surface area contributed by atoms with Crippen molar-refractivity contribution < 1.29 is 9.84 Å². The highest BCUT2D eigenvalue weighted by atomic mass is 16.5. The smallest absolute Gasteiger partial charge is 0.125 e. The first-order valence-corrected chi connectivity index (χ1v) is 7.05.